The number of thioether (sulfide) groups is 1. The lowest BCUT2D eigenvalue weighted by Crippen LogP contribution is -2.09. The van der Waals surface area contributed by atoms with E-state index in [4.69, 9.17) is 0 Å². The van der Waals surface area contributed by atoms with E-state index in [1.807, 2.05) is 11.8 Å². The smallest absolute Gasteiger partial charge is 0.00748 e. The van der Waals surface area contributed by atoms with Crippen LogP contribution in [0.5, 0.6) is 0 Å². The molecule has 0 spiro atoms. The summed E-state index contributed by atoms with van der Waals surface area (Å²) in [7, 11) is 0. The van der Waals surface area contributed by atoms with Crippen molar-refractivity contribution in [3.05, 3.63) is 28.8 Å². The summed E-state index contributed by atoms with van der Waals surface area (Å²) < 4.78 is 0. The first-order valence-electron chi connectivity index (χ1n) is 5.58. The molecule has 1 aromatic carbocycles. The van der Waals surface area contributed by atoms with Crippen molar-refractivity contribution >= 4 is 11.8 Å². The van der Waals surface area contributed by atoms with Gasteiger partial charge in [0.25, 0.3) is 0 Å². The Morgan fingerprint density at radius 3 is 2.73 bits per heavy atom. The Kier molecular flexibility index (Phi) is 3.37. The molecule has 0 radical (unpaired) electrons. The second-order valence-corrected chi connectivity index (χ2v) is 5.23. The van der Waals surface area contributed by atoms with Gasteiger partial charge in [-0.05, 0) is 67.8 Å². The van der Waals surface area contributed by atoms with E-state index in [2.05, 4.69) is 37.6 Å². The highest BCUT2D eigenvalue weighted by Gasteiger charge is 2.19. The largest absolute Gasteiger partial charge is 0.316 e. The summed E-state index contributed by atoms with van der Waals surface area (Å²) in [4.78, 5) is 1.40. The predicted molar refractivity (Wildman–Crippen MR) is 67.9 cm³/mol. The van der Waals surface area contributed by atoms with Gasteiger partial charge in [0.15, 0.2) is 0 Å². The summed E-state index contributed by atoms with van der Waals surface area (Å²) >= 11 is 1.84. The number of nitrogens with one attached hydrogen (secondary N) is 1. The molecule has 0 saturated carbocycles. The Balaban J connectivity index is 2.39. The van der Waals surface area contributed by atoms with Crippen molar-refractivity contribution in [3.8, 4) is 0 Å². The van der Waals surface area contributed by atoms with E-state index < -0.39 is 0 Å². The molecule has 1 atom stereocenters. The molecule has 1 aliphatic heterocycles. The maximum Gasteiger partial charge on any atom is 0.00748 e. The lowest BCUT2D eigenvalue weighted by Gasteiger charge is -2.16. The maximum absolute atomic E-state index is 3.45. The molecule has 1 heterocycles. The molecule has 1 aliphatic rings. The third kappa shape index (κ3) is 2.21. The summed E-state index contributed by atoms with van der Waals surface area (Å²) in [5.74, 6) is 0.732. The molecule has 0 aliphatic carbocycles. The van der Waals surface area contributed by atoms with E-state index in [-0.39, 0.29) is 0 Å². The molecule has 1 nitrogen and oxygen atoms in total. The van der Waals surface area contributed by atoms with E-state index in [1.54, 1.807) is 5.56 Å². The van der Waals surface area contributed by atoms with Crippen LogP contribution >= 0.6 is 11.8 Å². The molecule has 1 aromatic rings. The van der Waals surface area contributed by atoms with Crippen molar-refractivity contribution < 1.29 is 0 Å². The zero-order chi connectivity index (χ0) is 10.8. The van der Waals surface area contributed by atoms with Crippen LogP contribution in [0.15, 0.2) is 17.0 Å². The van der Waals surface area contributed by atoms with E-state index in [0.717, 1.165) is 12.5 Å². The van der Waals surface area contributed by atoms with Gasteiger partial charge in [0.2, 0.25) is 0 Å². The van der Waals surface area contributed by atoms with Gasteiger partial charge in [-0.2, -0.15) is 0 Å². The summed E-state index contributed by atoms with van der Waals surface area (Å²) in [5.41, 5.74) is 4.48. The van der Waals surface area contributed by atoms with Crippen molar-refractivity contribution in [2.24, 2.45) is 0 Å². The minimum Gasteiger partial charge on any atom is -0.316 e. The highest BCUT2D eigenvalue weighted by molar-refractivity contribution is 7.98. The SMILES string of the molecule is CSc1cc(C)c(C)c(C2CCNC2)c1. The summed E-state index contributed by atoms with van der Waals surface area (Å²) in [6.07, 6.45) is 3.44. The fraction of sp³-hybridized carbons (Fsp3) is 0.538. The molecule has 0 aromatic heterocycles. The lowest BCUT2D eigenvalue weighted by molar-refractivity contribution is 0.753. The molecule has 1 N–H and O–H groups in total. The van der Waals surface area contributed by atoms with Crippen LogP contribution in [0, 0.1) is 13.8 Å². The van der Waals surface area contributed by atoms with E-state index in [0.29, 0.717) is 0 Å². The Morgan fingerprint density at radius 1 is 1.33 bits per heavy atom. The molecule has 1 saturated heterocycles. The maximum atomic E-state index is 3.45. The van der Waals surface area contributed by atoms with Crippen LogP contribution < -0.4 is 5.32 Å². The molecule has 82 valence electrons. The highest BCUT2D eigenvalue weighted by Crippen LogP contribution is 2.30. The van der Waals surface area contributed by atoms with Crippen molar-refractivity contribution in [1.29, 1.82) is 0 Å². The number of hydrogen-bond acceptors (Lipinski definition) is 2. The number of rotatable bonds is 2. The molecule has 1 unspecified atom stereocenters. The third-order valence-corrected chi connectivity index (χ3v) is 4.12. The molecule has 1 fully saturated rings. The number of benzene rings is 1. The number of aryl methyl sites for hydroxylation is 1. The van der Waals surface area contributed by atoms with Crippen molar-refractivity contribution in [3.63, 3.8) is 0 Å². The molecule has 15 heavy (non-hydrogen) atoms. The van der Waals surface area contributed by atoms with Crippen LogP contribution in [-0.2, 0) is 0 Å². The van der Waals surface area contributed by atoms with Gasteiger partial charge in [-0.15, -0.1) is 11.8 Å². The van der Waals surface area contributed by atoms with E-state index >= 15 is 0 Å². The number of hydrogen-bond donors (Lipinski definition) is 1. The van der Waals surface area contributed by atoms with Gasteiger partial charge in [0, 0.05) is 11.4 Å². The minimum atomic E-state index is 0.732. The summed E-state index contributed by atoms with van der Waals surface area (Å²) in [6, 6.07) is 4.68. The van der Waals surface area contributed by atoms with Crippen LogP contribution in [0.1, 0.15) is 29.0 Å². The van der Waals surface area contributed by atoms with Crippen LogP contribution in [-0.4, -0.2) is 19.3 Å². The monoisotopic (exact) mass is 221 g/mol. The molecular formula is C13H19NS. The zero-order valence-corrected chi connectivity index (χ0v) is 10.6. The Morgan fingerprint density at radius 2 is 2.13 bits per heavy atom. The average molecular weight is 221 g/mol. The molecule has 0 amide bonds. The lowest BCUT2D eigenvalue weighted by atomic mass is 9.92. The minimum absolute atomic E-state index is 0.732. The standard InChI is InChI=1S/C13H19NS/c1-9-6-12(15-3)7-13(10(9)2)11-4-5-14-8-11/h6-7,11,14H,4-5,8H2,1-3H3. The fourth-order valence-corrected chi connectivity index (χ4v) is 2.85. The Hall–Kier alpha value is -0.470. The van der Waals surface area contributed by atoms with E-state index in [9.17, 15) is 0 Å². The van der Waals surface area contributed by atoms with Gasteiger partial charge in [-0.25, -0.2) is 0 Å². The first kappa shape index (κ1) is 11.0. The van der Waals surface area contributed by atoms with Gasteiger partial charge >= 0.3 is 0 Å². The van der Waals surface area contributed by atoms with Crippen LogP contribution in [0.25, 0.3) is 0 Å². The van der Waals surface area contributed by atoms with Gasteiger partial charge in [-0.1, -0.05) is 0 Å². The van der Waals surface area contributed by atoms with Crippen LogP contribution in [0.2, 0.25) is 0 Å². The predicted octanol–water partition coefficient (Wildman–Crippen LogP) is 3.10. The quantitative estimate of drug-likeness (QED) is 0.770. The van der Waals surface area contributed by atoms with Gasteiger partial charge in [0.05, 0.1) is 0 Å². The van der Waals surface area contributed by atoms with Crippen molar-refractivity contribution in [2.45, 2.75) is 31.1 Å². The van der Waals surface area contributed by atoms with Gasteiger partial charge in [0.1, 0.15) is 0 Å². The van der Waals surface area contributed by atoms with Gasteiger partial charge in [-0.3, -0.25) is 0 Å². The molecule has 2 rings (SSSR count). The third-order valence-electron chi connectivity index (χ3n) is 3.42. The van der Waals surface area contributed by atoms with Crippen molar-refractivity contribution in [1.82, 2.24) is 5.32 Å². The fourth-order valence-electron chi connectivity index (χ4n) is 2.31. The average Bonchev–Trinajstić information content (AvgIpc) is 2.75. The molecular weight excluding hydrogens is 202 g/mol. The van der Waals surface area contributed by atoms with E-state index in [1.165, 1.54) is 29.0 Å². The topological polar surface area (TPSA) is 12.0 Å². The van der Waals surface area contributed by atoms with Gasteiger partial charge < -0.3 is 5.32 Å². The second-order valence-electron chi connectivity index (χ2n) is 4.35. The zero-order valence-electron chi connectivity index (χ0n) is 9.76. The Bertz CT molecular complexity index is 354. The molecule has 0 bridgehead atoms. The van der Waals surface area contributed by atoms with Crippen LogP contribution in [0.3, 0.4) is 0 Å². The highest BCUT2D eigenvalue weighted by atomic mass is 32.2. The first-order chi connectivity index (χ1) is 7.22. The summed E-state index contributed by atoms with van der Waals surface area (Å²) in [6.45, 7) is 6.80. The van der Waals surface area contributed by atoms with Crippen molar-refractivity contribution in [2.75, 3.05) is 19.3 Å². The Labute approximate surface area is 96.7 Å². The van der Waals surface area contributed by atoms with Crippen LogP contribution in [0.4, 0.5) is 0 Å². The normalized spacial score (nSPS) is 20.9. The molecule has 2 heteroatoms. The first-order valence-corrected chi connectivity index (χ1v) is 6.80. The second kappa shape index (κ2) is 4.58. The summed E-state index contributed by atoms with van der Waals surface area (Å²) in [5, 5.41) is 3.45.